The summed E-state index contributed by atoms with van der Waals surface area (Å²) in [5.41, 5.74) is 5.54. The van der Waals surface area contributed by atoms with Crippen LogP contribution in [0.1, 0.15) is 36.4 Å². The van der Waals surface area contributed by atoms with Gasteiger partial charge in [-0.3, -0.25) is 14.9 Å². The van der Waals surface area contributed by atoms with Crippen molar-refractivity contribution in [3.05, 3.63) is 106 Å². The van der Waals surface area contributed by atoms with Crippen molar-refractivity contribution in [2.45, 2.75) is 26.7 Å². The second-order valence-corrected chi connectivity index (χ2v) is 9.37. The zero-order chi connectivity index (χ0) is 28.2. The topological polar surface area (TPSA) is 149 Å². The predicted molar refractivity (Wildman–Crippen MR) is 154 cm³/mol. The third-order valence-corrected chi connectivity index (χ3v) is 6.61. The Labute approximate surface area is 230 Å². The molecule has 0 aliphatic carbocycles. The van der Waals surface area contributed by atoms with Crippen LogP contribution < -0.4 is 5.32 Å². The molecule has 0 atom stereocenters. The molecule has 10 heteroatoms. The summed E-state index contributed by atoms with van der Waals surface area (Å²) in [6.45, 7) is 4.03. The number of nitrogens with zero attached hydrogens (tertiary/aromatic N) is 3. The number of nitro benzene ring substituents is 1. The number of nitro groups is 1. The number of aromatic amines is 2. The molecule has 3 aromatic carbocycles. The standard InChI is InChI=1S/C30H28N6O4/c1-3-27-32-17-26(34-27)20-8-10-22(11-9-20)33-29(21-6-4-19(5-7-21)14-15-31-18(2)37)28-24-16-23(36(39)40)12-13-25(24)35-30(28)38/h4-13,16-17,35,38H,3,14-15H2,1-2H3,(H,31,37)(H,32,34). The highest BCUT2D eigenvalue weighted by atomic mass is 16.6. The third kappa shape index (κ3) is 5.60. The van der Waals surface area contributed by atoms with Crippen molar-refractivity contribution in [1.29, 1.82) is 0 Å². The molecule has 0 spiro atoms. The van der Waals surface area contributed by atoms with E-state index in [0.717, 1.165) is 34.6 Å². The summed E-state index contributed by atoms with van der Waals surface area (Å²) in [5.74, 6) is 0.688. The first-order chi connectivity index (χ1) is 19.3. The minimum atomic E-state index is -0.466. The molecule has 0 fully saturated rings. The number of carbonyl (C=O) groups is 1. The summed E-state index contributed by atoms with van der Waals surface area (Å²) in [6, 6.07) is 19.7. The lowest BCUT2D eigenvalue weighted by Crippen LogP contribution is -2.22. The van der Waals surface area contributed by atoms with Gasteiger partial charge in [-0.25, -0.2) is 9.98 Å². The van der Waals surface area contributed by atoms with Gasteiger partial charge in [0.2, 0.25) is 5.91 Å². The van der Waals surface area contributed by atoms with Gasteiger partial charge >= 0.3 is 0 Å². The number of aliphatic imine (C=N–C) groups is 1. The Balaban J connectivity index is 1.58. The zero-order valence-corrected chi connectivity index (χ0v) is 22.1. The van der Waals surface area contributed by atoms with E-state index in [1.807, 2.05) is 55.5 Å². The molecule has 40 heavy (non-hydrogen) atoms. The lowest BCUT2D eigenvalue weighted by molar-refractivity contribution is -0.384. The average molecular weight is 537 g/mol. The first kappa shape index (κ1) is 26.4. The number of hydrogen-bond donors (Lipinski definition) is 4. The first-order valence-corrected chi connectivity index (χ1v) is 12.9. The van der Waals surface area contributed by atoms with Gasteiger partial charge in [0.15, 0.2) is 5.88 Å². The average Bonchev–Trinajstić information content (AvgIpc) is 3.56. The molecule has 10 nitrogen and oxygen atoms in total. The molecule has 0 bridgehead atoms. The largest absolute Gasteiger partial charge is 0.494 e. The Morgan fingerprint density at radius 2 is 1.82 bits per heavy atom. The summed E-state index contributed by atoms with van der Waals surface area (Å²) in [4.78, 5) is 37.7. The maximum atomic E-state index is 11.5. The van der Waals surface area contributed by atoms with Crippen molar-refractivity contribution in [2.24, 2.45) is 4.99 Å². The molecule has 0 saturated carbocycles. The molecule has 202 valence electrons. The molecule has 0 aliphatic rings. The van der Waals surface area contributed by atoms with Gasteiger partial charge in [0.05, 0.1) is 33.8 Å². The Bertz CT molecular complexity index is 1720. The van der Waals surface area contributed by atoms with Crippen molar-refractivity contribution in [1.82, 2.24) is 20.3 Å². The molecule has 2 heterocycles. The zero-order valence-electron chi connectivity index (χ0n) is 22.1. The molecule has 0 aliphatic heterocycles. The predicted octanol–water partition coefficient (Wildman–Crippen LogP) is 5.58. The van der Waals surface area contributed by atoms with Crippen LogP contribution in [0.3, 0.4) is 0 Å². The van der Waals surface area contributed by atoms with E-state index in [1.54, 1.807) is 12.3 Å². The number of aryl methyl sites for hydroxylation is 1. The van der Waals surface area contributed by atoms with Gasteiger partial charge in [0.25, 0.3) is 5.69 Å². The Morgan fingerprint density at radius 3 is 2.48 bits per heavy atom. The molecule has 0 saturated heterocycles. The normalized spacial score (nSPS) is 11.6. The number of aromatic nitrogens is 3. The van der Waals surface area contributed by atoms with E-state index in [9.17, 15) is 20.0 Å². The van der Waals surface area contributed by atoms with Gasteiger partial charge in [0.1, 0.15) is 5.82 Å². The van der Waals surface area contributed by atoms with Crippen LogP contribution in [0.15, 0.2) is 77.9 Å². The van der Waals surface area contributed by atoms with Crippen molar-refractivity contribution in [3.8, 4) is 17.1 Å². The second-order valence-electron chi connectivity index (χ2n) is 9.37. The number of carbonyl (C=O) groups excluding carboxylic acids is 1. The number of H-pyrrole nitrogens is 2. The van der Waals surface area contributed by atoms with Crippen LogP contribution >= 0.6 is 0 Å². The number of benzene rings is 3. The van der Waals surface area contributed by atoms with Crippen molar-refractivity contribution >= 4 is 33.9 Å². The highest BCUT2D eigenvalue weighted by molar-refractivity contribution is 6.22. The van der Waals surface area contributed by atoms with Crippen molar-refractivity contribution in [2.75, 3.05) is 6.54 Å². The fourth-order valence-corrected chi connectivity index (χ4v) is 4.53. The molecular formula is C30H28N6O4. The fraction of sp³-hybridized carbons (Fsp3) is 0.167. The van der Waals surface area contributed by atoms with E-state index < -0.39 is 4.92 Å². The van der Waals surface area contributed by atoms with Crippen LogP contribution in [-0.4, -0.2) is 43.1 Å². The van der Waals surface area contributed by atoms with Crippen LogP contribution in [0.5, 0.6) is 5.88 Å². The monoisotopic (exact) mass is 536 g/mol. The Morgan fingerprint density at radius 1 is 1.07 bits per heavy atom. The maximum Gasteiger partial charge on any atom is 0.270 e. The number of amides is 1. The van der Waals surface area contributed by atoms with E-state index in [2.05, 4.69) is 20.3 Å². The van der Waals surface area contributed by atoms with Gasteiger partial charge < -0.3 is 20.4 Å². The van der Waals surface area contributed by atoms with E-state index in [4.69, 9.17) is 4.99 Å². The summed E-state index contributed by atoms with van der Waals surface area (Å²) >= 11 is 0. The molecule has 5 rings (SSSR count). The molecule has 1 amide bonds. The van der Waals surface area contributed by atoms with E-state index >= 15 is 0 Å². The fourth-order valence-electron chi connectivity index (χ4n) is 4.53. The maximum absolute atomic E-state index is 11.5. The number of non-ortho nitro benzene ring substituents is 1. The van der Waals surface area contributed by atoms with Crippen LogP contribution in [0.4, 0.5) is 11.4 Å². The molecule has 2 aromatic heterocycles. The highest BCUT2D eigenvalue weighted by Crippen LogP contribution is 2.34. The molecule has 5 aromatic rings. The van der Waals surface area contributed by atoms with E-state index in [0.29, 0.717) is 40.8 Å². The number of rotatable bonds is 9. The van der Waals surface area contributed by atoms with Gasteiger partial charge in [-0.05, 0) is 35.7 Å². The van der Waals surface area contributed by atoms with E-state index in [1.165, 1.54) is 19.1 Å². The van der Waals surface area contributed by atoms with Gasteiger partial charge in [-0.15, -0.1) is 0 Å². The highest BCUT2D eigenvalue weighted by Gasteiger charge is 2.21. The minimum absolute atomic E-state index is 0.0840. The smallest absolute Gasteiger partial charge is 0.270 e. The SMILES string of the molecule is CCc1ncc(-c2ccc(N=C(c3ccc(CCNC(C)=O)cc3)c3c(O)[nH]c4ccc([N+](=O)[O-])cc34)cc2)[nH]1. The van der Waals surface area contributed by atoms with Gasteiger partial charge in [-0.1, -0.05) is 43.3 Å². The molecule has 0 unspecified atom stereocenters. The lowest BCUT2D eigenvalue weighted by atomic mass is 9.98. The molecule has 4 N–H and O–H groups in total. The molecule has 0 radical (unpaired) electrons. The Hall–Kier alpha value is -5.25. The van der Waals surface area contributed by atoms with Crippen LogP contribution in [-0.2, 0) is 17.6 Å². The third-order valence-electron chi connectivity index (χ3n) is 6.61. The number of fused-ring (bicyclic) bond motifs is 1. The summed E-state index contributed by atoms with van der Waals surface area (Å²) in [6.07, 6.45) is 3.27. The van der Waals surface area contributed by atoms with Gasteiger partial charge in [-0.2, -0.15) is 0 Å². The number of nitrogens with one attached hydrogen (secondary N) is 3. The summed E-state index contributed by atoms with van der Waals surface area (Å²) in [5, 5.41) is 25.7. The van der Waals surface area contributed by atoms with Crippen molar-refractivity contribution in [3.63, 3.8) is 0 Å². The van der Waals surface area contributed by atoms with Gasteiger partial charge in [0, 0.05) is 48.5 Å². The summed E-state index contributed by atoms with van der Waals surface area (Å²) < 4.78 is 0. The molecular weight excluding hydrogens is 508 g/mol. The van der Waals surface area contributed by atoms with E-state index in [-0.39, 0.29) is 17.5 Å². The summed E-state index contributed by atoms with van der Waals surface area (Å²) in [7, 11) is 0. The number of hydrogen-bond acceptors (Lipinski definition) is 6. The quantitative estimate of drug-likeness (QED) is 0.110. The van der Waals surface area contributed by atoms with Crippen LogP contribution in [0.2, 0.25) is 0 Å². The second kappa shape index (κ2) is 11.2. The van der Waals surface area contributed by atoms with Crippen LogP contribution in [0, 0.1) is 10.1 Å². The Kier molecular flexibility index (Phi) is 7.41. The minimum Gasteiger partial charge on any atom is -0.494 e. The van der Waals surface area contributed by atoms with Crippen LogP contribution in [0.25, 0.3) is 22.2 Å². The number of imidazole rings is 1. The van der Waals surface area contributed by atoms with Crippen molar-refractivity contribution < 1.29 is 14.8 Å². The number of aromatic hydroxyl groups is 1. The lowest BCUT2D eigenvalue weighted by Gasteiger charge is -2.10. The first-order valence-electron chi connectivity index (χ1n) is 12.9.